The summed E-state index contributed by atoms with van der Waals surface area (Å²) in [4.78, 5) is 24.3. The van der Waals surface area contributed by atoms with E-state index in [1.54, 1.807) is 30.3 Å². The lowest BCUT2D eigenvalue weighted by molar-refractivity contribution is -0.129. The third-order valence-corrected chi connectivity index (χ3v) is 5.45. The van der Waals surface area contributed by atoms with E-state index >= 15 is 0 Å². The van der Waals surface area contributed by atoms with Gasteiger partial charge in [0.25, 0.3) is 0 Å². The normalized spacial score (nSPS) is 10.5. The molecule has 0 atom stereocenters. The number of hydrogen-bond acceptors (Lipinski definition) is 5. The van der Waals surface area contributed by atoms with Crippen molar-refractivity contribution < 1.29 is 23.8 Å². The van der Waals surface area contributed by atoms with E-state index in [-0.39, 0.29) is 17.2 Å². The summed E-state index contributed by atoms with van der Waals surface area (Å²) in [6.45, 7) is 6.09. The van der Waals surface area contributed by atoms with Crippen LogP contribution in [0.1, 0.15) is 87.9 Å². The number of hydrogen-bond donors (Lipinski definition) is 0. The van der Waals surface area contributed by atoms with Gasteiger partial charge in [0.05, 0.1) is 12.2 Å². The summed E-state index contributed by atoms with van der Waals surface area (Å²) in [7, 11) is 0. The Morgan fingerprint density at radius 3 is 2.09 bits per heavy atom. The maximum Gasteiger partial charge on any atom is 0.343 e. The minimum absolute atomic E-state index is 0.0892. The number of carbonyl (C=O) groups is 2. The molecule has 0 saturated carbocycles. The predicted molar refractivity (Wildman–Crippen MR) is 134 cm³/mol. The van der Waals surface area contributed by atoms with E-state index < -0.39 is 11.9 Å². The van der Waals surface area contributed by atoms with Gasteiger partial charge in [0, 0.05) is 12.1 Å². The standard InChI is InChI=1S/C29H37O5/c1-3-5-6-7-8-9-10-11-12-13-17-23-32-28-25(33-27(30)4-2)21-18-22-26(28)34-29(31)24-19-15-14-16-20-24/h4,14-16,18-21H,2-3,5-13,17,23H2,1H3. The van der Waals surface area contributed by atoms with Gasteiger partial charge in [-0.2, -0.15) is 0 Å². The Hall–Kier alpha value is -3.08. The molecule has 0 aliphatic rings. The third kappa shape index (κ3) is 10.2. The molecule has 0 unspecified atom stereocenters. The fourth-order valence-electron chi connectivity index (χ4n) is 3.56. The molecule has 0 N–H and O–H groups in total. The Labute approximate surface area is 204 Å². The summed E-state index contributed by atoms with van der Waals surface area (Å²) in [5.41, 5.74) is 0.403. The molecule has 5 nitrogen and oxygen atoms in total. The van der Waals surface area contributed by atoms with Crippen LogP contribution < -0.4 is 14.2 Å². The van der Waals surface area contributed by atoms with Gasteiger partial charge < -0.3 is 14.2 Å². The highest BCUT2D eigenvalue weighted by atomic mass is 16.6. The van der Waals surface area contributed by atoms with Crippen LogP contribution in [-0.2, 0) is 4.79 Å². The van der Waals surface area contributed by atoms with E-state index in [4.69, 9.17) is 14.2 Å². The zero-order valence-electron chi connectivity index (χ0n) is 20.4. The first-order valence-electron chi connectivity index (χ1n) is 12.4. The average Bonchev–Trinajstić information content (AvgIpc) is 2.86. The minimum Gasteiger partial charge on any atom is -0.486 e. The number of ether oxygens (including phenoxy) is 3. The van der Waals surface area contributed by atoms with Gasteiger partial charge in [-0.05, 0) is 30.7 Å². The van der Waals surface area contributed by atoms with Crippen molar-refractivity contribution in [1.82, 2.24) is 0 Å². The lowest BCUT2D eigenvalue weighted by Crippen LogP contribution is -2.11. The zero-order valence-corrected chi connectivity index (χ0v) is 20.4. The van der Waals surface area contributed by atoms with Crippen LogP contribution in [0.15, 0.2) is 55.1 Å². The van der Waals surface area contributed by atoms with E-state index in [0.29, 0.717) is 12.2 Å². The van der Waals surface area contributed by atoms with Gasteiger partial charge in [-0.1, -0.05) is 95.9 Å². The first-order valence-corrected chi connectivity index (χ1v) is 12.4. The Morgan fingerprint density at radius 2 is 1.47 bits per heavy atom. The lowest BCUT2D eigenvalue weighted by atomic mass is 10.1. The molecule has 0 fully saturated rings. The second-order valence-electron chi connectivity index (χ2n) is 8.26. The molecule has 0 amide bonds. The zero-order chi connectivity index (χ0) is 24.4. The van der Waals surface area contributed by atoms with Crippen LogP contribution in [0.3, 0.4) is 0 Å². The van der Waals surface area contributed by atoms with Crippen molar-refractivity contribution in [3.8, 4) is 17.2 Å². The first kappa shape index (κ1) is 27.2. The first-order chi connectivity index (χ1) is 16.7. The van der Waals surface area contributed by atoms with Crippen LogP contribution in [0.4, 0.5) is 0 Å². The van der Waals surface area contributed by atoms with Crippen molar-refractivity contribution in [2.24, 2.45) is 0 Å². The Morgan fingerprint density at radius 1 is 0.853 bits per heavy atom. The van der Waals surface area contributed by atoms with Gasteiger partial charge in [0.15, 0.2) is 11.5 Å². The second-order valence-corrected chi connectivity index (χ2v) is 8.26. The van der Waals surface area contributed by atoms with E-state index in [1.165, 1.54) is 57.4 Å². The molecule has 2 aromatic carbocycles. The molecule has 2 aromatic rings. The SMILES string of the molecule is C=CC(=O)Oc1cc[c]c(OC(=O)c2ccccc2)c1OCCCCCCCCCCCCC. The van der Waals surface area contributed by atoms with E-state index in [2.05, 4.69) is 19.6 Å². The van der Waals surface area contributed by atoms with Gasteiger partial charge >= 0.3 is 11.9 Å². The molecule has 0 saturated heterocycles. The van der Waals surface area contributed by atoms with Crippen molar-refractivity contribution in [3.63, 3.8) is 0 Å². The molecule has 0 spiro atoms. The largest absolute Gasteiger partial charge is 0.486 e. The van der Waals surface area contributed by atoms with Crippen LogP contribution in [0, 0.1) is 6.07 Å². The summed E-state index contributed by atoms with van der Waals surface area (Å²) in [6.07, 6.45) is 14.6. The number of carbonyl (C=O) groups excluding carboxylic acids is 2. The molecule has 0 aliphatic heterocycles. The van der Waals surface area contributed by atoms with Crippen molar-refractivity contribution in [1.29, 1.82) is 0 Å². The highest BCUT2D eigenvalue weighted by Gasteiger charge is 2.18. The van der Waals surface area contributed by atoms with Crippen molar-refractivity contribution in [2.45, 2.75) is 77.6 Å². The molecular weight excluding hydrogens is 428 g/mol. The fraction of sp³-hybridized carbons (Fsp3) is 0.448. The lowest BCUT2D eigenvalue weighted by Gasteiger charge is -2.15. The Kier molecular flexibility index (Phi) is 13.2. The third-order valence-electron chi connectivity index (χ3n) is 5.45. The van der Waals surface area contributed by atoms with Gasteiger partial charge in [0.1, 0.15) is 0 Å². The highest BCUT2D eigenvalue weighted by molar-refractivity contribution is 5.91. The molecule has 0 heterocycles. The van der Waals surface area contributed by atoms with Gasteiger partial charge in [-0.15, -0.1) is 0 Å². The number of benzene rings is 2. The topological polar surface area (TPSA) is 61.8 Å². The van der Waals surface area contributed by atoms with Crippen molar-refractivity contribution in [3.05, 3.63) is 66.7 Å². The van der Waals surface area contributed by atoms with Crippen molar-refractivity contribution >= 4 is 11.9 Å². The predicted octanol–water partition coefficient (Wildman–Crippen LogP) is 7.49. The van der Waals surface area contributed by atoms with Gasteiger partial charge in [-0.3, -0.25) is 0 Å². The van der Waals surface area contributed by atoms with Gasteiger partial charge in [0.2, 0.25) is 5.75 Å². The maximum absolute atomic E-state index is 12.5. The summed E-state index contributed by atoms with van der Waals surface area (Å²) in [6, 6.07) is 14.6. The minimum atomic E-state index is -0.619. The van der Waals surface area contributed by atoms with Crippen LogP contribution >= 0.6 is 0 Å². The molecule has 0 aliphatic carbocycles. The Bertz CT molecular complexity index is 875. The molecule has 0 aromatic heterocycles. The van der Waals surface area contributed by atoms with E-state index in [9.17, 15) is 9.59 Å². The van der Waals surface area contributed by atoms with Crippen LogP contribution in [0.25, 0.3) is 0 Å². The number of rotatable bonds is 17. The molecule has 34 heavy (non-hydrogen) atoms. The highest BCUT2D eigenvalue weighted by Crippen LogP contribution is 2.37. The molecular formula is C29H37O5. The summed E-state index contributed by atoms with van der Waals surface area (Å²) in [5, 5.41) is 0. The van der Waals surface area contributed by atoms with Crippen LogP contribution in [0.2, 0.25) is 0 Å². The second kappa shape index (κ2) is 16.5. The number of unbranched alkanes of at least 4 members (excludes halogenated alkanes) is 10. The Balaban J connectivity index is 1.85. The smallest absolute Gasteiger partial charge is 0.343 e. The quantitative estimate of drug-likeness (QED) is 0.105. The maximum atomic E-state index is 12.5. The molecule has 2 rings (SSSR count). The summed E-state index contributed by atoms with van der Waals surface area (Å²) in [5.74, 6) is -0.711. The van der Waals surface area contributed by atoms with Crippen LogP contribution in [0.5, 0.6) is 17.2 Å². The summed E-state index contributed by atoms with van der Waals surface area (Å²) < 4.78 is 16.7. The molecule has 5 heteroatoms. The van der Waals surface area contributed by atoms with E-state index in [1.807, 2.05) is 6.07 Å². The van der Waals surface area contributed by atoms with Crippen molar-refractivity contribution in [2.75, 3.05) is 6.61 Å². The average molecular weight is 466 g/mol. The molecule has 1 radical (unpaired) electrons. The number of esters is 2. The van der Waals surface area contributed by atoms with E-state index in [0.717, 1.165) is 25.3 Å². The fourth-order valence-corrected chi connectivity index (χ4v) is 3.56. The van der Waals surface area contributed by atoms with Gasteiger partial charge in [-0.25, -0.2) is 9.59 Å². The summed E-state index contributed by atoms with van der Waals surface area (Å²) >= 11 is 0. The molecule has 183 valence electrons. The monoisotopic (exact) mass is 465 g/mol. The van der Waals surface area contributed by atoms with Crippen LogP contribution in [-0.4, -0.2) is 18.5 Å². The molecule has 0 bridgehead atoms.